The Kier molecular flexibility index (Phi) is 6.46. The molecule has 0 fully saturated rings. The number of carbonyl (C=O) groups excluding carboxylic acids is 2. The normalized spacial score (nSPS) is 10.3. The van der Waals surface area contributed by atoms with Crippen LogP contribution in [0.2, 0.25) is 0 Å². The third-order valence-corrected chi connectivity index (χ3v) is 4.11. The molecule has 0 bridgehead atoms. The molecule has 6 heteroatoms. The molecule has 0 saturated carbocycles. The second-order valence-electron chi connectivity index (χ2n) is 6.22. The van der Waals surface area contributed by atoms with E-state index in [0.29, 0.717) is 18.8 Å². The summed E-state index contributed by atoms with van der Waals surface area (Å²) < 4.78 is 12.4. The van der Waals surface area contributed by atoms with Crippen LogP contribution in [0, 0.1) is 0 Å². The van der Waals surface area contributed by atoms with Crippen molar-refractivity contribution in [2.24, 2.45) is 0 Å². The predicted molar refractivity (Wildman–Crippen MR) is 106 cm³/mol. The Morgan fingerprint density at radius 2 is 1.71 bits per heavy atom. The first-order chi connectivity index (χ1) is 13.6. The molecule has 1 N–H and O–H groups in total. The first-order valence-corrected chi connectivity index (χ1v) is 9.00. The van der Waals surface area contributed by atoms with Gasteiger partial charge in [0.1, 0.15) is 12.4 Å². The lowest BCUT2D eigenvalue weighted by atomic mass is 10.1. The lowest BCUT2D eigenvalue weighted by molar-refractivity contribution is -0.118. The lowest BCUT2D eigenvalue weighted by Gasteiger charge is -2.11. The average Bonchev–Trinajstić information content (AvgIpc) is 3.16. The van der Waals surface area contributed by atoms with Gasteiger partial charge < -0.3 is 19.4 Å². The molecule has 2 aromatic carbocycles. The number of amides is 1. The fourth-order valence-corrected chi connectivity index (χ4v) is 2.76. The highest BCUT2D eigenvalue weighted by Crippen LogP contribution is 2.23. The molecule has 1 amide bonds. The van der Waals surface area contributed by atoms with Crippen LogP contribution in [0.5, 0.6) is 5.75 Å². The maximum Gasteiger partial charge on any atom is 0.514 e. The van der Waals surface area contributed by atoms with Crippen LogP contribution < -0.4 is 10.1 Å². The summed E-state index contributed by atoms with van der Waals surface area (Å²) in [5.41, 5.74) is 2.90. The third-order valence-electron chi connectivity index (χ3n) is 4.11. The average molecular weight is 378 g/mol. The van der Waals surface area contributed by atoms with Crippen LogP contribution in [0.4, 0.5) is 4.79 Å². The minimum atomic E-state index is -0.740. The van der Waals surface area contributed by atoms with Gasteiger partial charge in [-0.2, -0.15) is 0 Å². The largest absolute Gasteiger partial charge is 0.514 e. The highest BCUT2D eigenvalue weighted by molar-refractivity contribution is 5.72. The summed E-state index contributed by atoms with van der Waals surface area (Å²) in [4.78, 5) is 22.9. The Balaban J connectivity index is 1.56. The number of benzene rings is 2. The zero-order valence-electron chi connectivity index (χ0n) is 15.6. The fraction of sp³-hybridized carbons (Fsp3) is 0.182. The summed E-state index contributed by atoms with van der Waals surface area (Å²) in [5.74, 6) is 0.368. The first kappa shape index (κ1) is 19.2. The minimum Gasteiger partial charge on any atom is -0.429 e. The minimum absolute atomic E-state index is 0.0469. The van der Waals surface area contributed by atoms with Gasteiger partial charge in [-0.15, -0.1) is 0 Å². The van der Waals surface area contributed by atoms with Crippen LogP contribution in [-0.2, 0) is 22.7 Å². The highest BCUT2D eigenvalue weighted by Gasteiger charge is 2.08. The topological polar surface area (TPSA) is 69.6 Å². The zero-order chi connectivity index (χ0) is 19.8. The summed E-state index contributed by atoms with van der Waals surface area (Å²) >= 11 is 0. The Labute approximate surface area is 163 Å². The smallest absolute Gasteiger partial charge is 0.429 e. The molecule has 144 valence electrons. The van der Waals surface area contributed by atoms with E-state index in [1.807, 2.05) is 60.8 Å². The molecule has 0 aliphatic heterocycles. The molecule has 0 radical (unpaired) electrons. The van der Waals surface area contributed by atoms with Crippen molar-refractivity contribution < 1.29 is 19.1 Å². The summed E-state index contributed by atoms with van der Waals surface area (Å²) in [6.45, 7) is 2.90. The van der Waals surface area contributed by atoms with E-state index in [1.54, 1.807) is 12.1 Å². The molecule has 0 aliphatic rings. The maximum atomic E-state index is 11.8. The Morgan fingerprint density at radius 3 is 2.43 bits per heavy atom. The quantitative estimate of drug-likeness (QED) is 0.498. The summed E-state index contributed by atoms with van der Waals surface area (Å²) in [6.07, 6.45) is 1.22. The van der Waals surface area contributed by atoms with Crippen molar-refractivity contribution in [1.29, 1.82) is 0 Å². The molecule has 0 atom stereocenters. The number of aromatic nitrogens is 1. The van der Waals surface area contributed by atoms with E-state index >= 15 is 0 Å². The van der Waals surface area contributed by atoms with Gasteiger partial charge in [0, 0.05) is 31.9 Å². The van der Waals surface area contributed by atoms with Gasteiger partial charge in [-0.05, 0) is 47.5 Å². The monoisotopic (exact) mass is 378 g/mol. The molecular weight excluding hydrogens is 356 g/mol. The van der Waals surface area contributed by atoms with Gasteiger partial charge in [0.25, 0.3) is 0 Å². The van der Waals surface area contributed by atoms with Crippen LogP contribution in [0.15, 0.2) is 72.9 Å². The SMILES string of the molecule is CC(=O)NCCn1cccc1-c1ccc(OC(=O)OCc2ccccc2)cc1. The molecule has 1 aromatic heterocycles. The summed E-state index contributed by atoms with van der Waals surface area (Å²) in [6, 6.07) is 20.6. The molecule has 0 aliphatic carbocycles. The van der Waals surface area contributed by atoms with Gasteiger partial charge in [-0.3, -0.25) is 4.79 Å². The molecule has 3 rings (SSSR count). The van der Waals surface area contributed by atoms with Crippen molar-refractivity contribution in [2.45, 2.75) is 20.1 Å². The number of ether oxygens (including phenoxy) is 2. The number of carbonyl (C=O) groups is 2. The lowest BCUT2D eigenvalue weighted by Crippen LogP contribution is -2.24. The summed E-state index contributed by atoms with van der Waals surface area (Å²) in [5, 5.41) is 2.79. The van der Waals surface area contributed by atoms with Gasteiger partial charge in [0.15, 0.2) is 0 Å². The van der Waals surface area contributed by atoms with Crippen molar-refractivity contribution in [1.82, 2.24) is 9.88 Å². The van der Waals surface area contributed by atoms with Gasteiger partial charge in [0.2, 0.25) is 5.91 Å². The van der Waals surface area contributed by atoms with Crippen LogP contribution in [-0.4, -0.2) is 23.2 Å². The Bertz CT molecular complexity index is 917. The Hall–Kier alpha value is -3.54. The number of hydrogen-bond donors (Lipinski definition) is 1. The number of hydrogen-bond acceptors (Lipinski definition) is 4. The zero-order valence-corrected chi connectivity index (χ0v) is 15.6. The molecule has 6 nitrogen and oxygen atoms in total. The van der Waals surface area contributed by atoms with Crippen LogP contribution in [0.1, 0.15) is 12.5 Å². The van der Waals surface area contributed by atoms with Crippen molar-refractivity contribution >= 4 is 12.1 Å². The molecule has 0 saturated heterocycles. The van der Waals surface area contributed by atoms with Crippen LogP contribution >= 0.6 is 0 Å². The molecular formula is C22H22N2O4. The van der Waals surface area contributed by atoms with Gasteiger partial charge >= 0.3 is 6.16 Å². The molecule has 0 spiro atoms. The van der Waals surface area contributed by atoms with E-state index < -0.39 is 6.16 Å². The van der Waals surface area contributed by atoms with Gasteiger partial charge in [-0.25, -0.2) is 4.79 Å². The van der Waals surface area contributed by atoms with Crippen molar-refractivity contribution in [3.63, 3.8) is 0 Å². The highest BCUT2D eigenvalue weighted by atomic mass is 16.7. The molecule has 0 unspecified atom stereocenters. The van der Waals surface area contributed by atoms with Crippen LogP contribution in [0.25, 0.3) is 11.3 Å². The van der Waals surface area contributed by atoms with Crippen molar-refractivity contribution in [3.8, 4) is 17.0 Å². The van der Waals surface area contributed by atoms with E-state index in [0.717, 1.165) is 16.8 Å². The fourth-order valence-electron chi connectivity index (χ4n) is 2.76. The standard InChI is InChI=1S/C22H22N2O4/c1-17(25)23-13-15-24-14-5-8-21(24)19-9-11-20(12-10-19)28-22(26)27-16-18-6-3-2-4-7-18/h2-12,14H,13,15-16H2,1H3,(H,23,25). The van der Waals surface area contributed by atoms with Crippen LogP contribution in [0.3, 0.4) is 0 Å². The summed E-state index contributed by atoms with van der Waals surface area (Å²) in [7, 11) is 0. The van der Waals surface area contributed by atoms with E-state index in [-0.39, 0.29) is 12.5 Å². The molecule has 1 heterocycles. The third kappa shape index (κ3) is 5.48. The van der Waals surface area contributed by atoms with E-state index in [2.05, 4.69) is 9.88 Å². The van der Waals surface area contributed by atoms with Gasteiger partial charge in [-0.1, -0.05) is 30.3 Å². The van der Waals surface area contributed by atoms with E-state index in [1.165, 1.54) is 6.92 Å². The number of nitrogens with zero attached hydrogens (tertiary/aromatic N) is 1. The number of nitrogens with one attached hydrogen (secondary N) is 1. The van der Waals surface area contributed by atoms with Gasteiger partial charge in [0.05, 0.1) is 0 Å². The van der Waals surface area contributed by atoms with E-state index in [4.69, 9.17) is 9.47 Å². The second-order valence-corrected chi connectivity index (χ2v) is 6.22. The molecule has 28 heavy (non-hydrogen) atoms. The molecule has 3 aromatic rings. The van der Waals surface area contributed by atoms with Crippen molar-refractivity contribution in [2.75, 3.05) is 6.54 Å². The van der Waals surface area contributed by atoms with E-state index in [9.17, 15) is 9.59 Å². The Morgan fingerprint density at radius 1 is 0.964 bits per heavy atom. The van der Waals surface area contributed by atoms with Crippen molar-refractivity contribution in [3.05, 3.63) is 78.5 Å². The predicted octanol–water partition coefficient (Wildman–Crippen LogP) is 4.01. The number of rotatable bonds is 7. The maximum absolute atomic E-state index is 11.8. The first-order valence-electron chi connectivity index (χ1n) is 9.00. The second kappa shape index (κ2) is 9.41.